The van der Waals surface area contributed by atoms with Crippen LogP contribution in [0.4, 0.5) is 34.5 Å². The van der Waals surface area contributed by atoms with Crippen LogP contribution in [0.3, 0.4) is 0 Å². The van der Waals surface area contributed by atoms with E-state index in [9.17, 15) is 23.7 Å². The highest BCUT2D eigenvalue weighted by atomic mass is 35.5. The zero-order chi connectivity index (χ0) is 41.7. The molecule has 7 rings (SSSR count). The number of carbonyl (C=O) groups is 4. The number of piperidine rings is 1. The van der Waals surface area contributed by atoms with Crippen LogP contribution < -0.4 is 36.2 Å². The third-order valence-corrected chi connectivity index (χ3v) is 12.7. The molecule has 2 saturated heterocycles. The average molecular weight is 842 g/mol. The van der Waals surface area contributed by atoms with E-state index in [-0.39, 0.29) is 24.1 Å². The van der Waals surface area contributed by atoms with Gasteiger partial charge >= 0.3 is 0 Å². The van der Waals surface area contributed by atoms with Gasteiger partial charge in [-0.1, -0.05) is 36.2 Å². The molecule has 3 aliphatic rings. The van der Waals surface area contributed by atoms with Gasteiger partial charge in [0.2, 0.25) is 23.7 Å². The Labute approximate surface area is 348 Å². The number of fused-ring (bicyclic) bond motifs is 1. The molecule has 1 aromatic heterocycles. The largest absolute Gasteiger partial charge is 0.494 e. The number of aromatic nitrogens is 2. The van der Waals surface area contributed by atoms with Crippen LogP contribution in [-0.4, -0.2) is 103 Å². The van der Waals surface area contributed by atoms with Gasteiger partial charge in [-0.15, -0.1) is 0 Å². The number of benzene rings is 3. The van der Waals surface area contributed by atoms with Gasteiger partial charge in [0.05, 0.1) is 24.7 Å². The monoisotopic (exact) mass is 841 g/mol. The van der Waals surface area contributed by atoms with Crippen LogP contribution in [0, 0.1) is 0 Å². The molecule has 17 heteroatoms. The summed E-state index contributed by atoms with van der Waals surface area (Å²) in [5, 5.41) is 13.3. The van der Waals surface area contributed by atoms with Crippen molar-refractivity contribution in [3.8, 4) is 5.75 Å². The Morgan fingerprint density at radius 3 is 2.49 bits per heavy atom. The van der Waals surface area contributed by atoms with Crippen molar-refractivity contribution in [1.29, 1.82) is 0 Å². The average Bonchev–Trinajstić information content (AvgIpc) is 3.56. The summed E-state index contributed by atoms with van der Waals surface area (Å²) in [6.45, 7) is 7.08. The predicted octanol–water partition coefficient (Wildman–Crippen LogP) is 5.96. The van der Waals surface area contributed by atoms with Gasteiger partial charge < -0.3 is 40.0 Å². The molecule has 15 nitrogen and oxygen atoms in total. The molecule has 0 radical (unpaired) electrons. The maximum absolute atomic E-state index is 13.1. The number of piperazine rings is 1. The molecular formula is C42H49ClN9O6P. The van der Waals surface area contributed by atoms with Gasteiger partial charge in [-0.25, -0.2) is 4.98 Å². The summed E-state index contributed by atoms with van der Waals surface area (Å²) >= 11 is 6.45. The van der Waals surface area contributed by atoms with Crippen molar-refractivity contribution in [2.45, 2.75) is 51.1 Å². The summed E-state index contributed by atoms with van der Waals surface area (Å²) in [4.78, 5) is 65.0. The second-order valence-corrected chi connectivity index (χ2v) is 18.8. The first-order valence-corrected chi connectivity index (χ1v) is 22.8. The molecule has 3 aromatic carbocycles. The fourth-order valence-electron chi connectivity index (χ4n) is 7.72. The van der Waals surface area contributed by atoms with Crippen molar-refractivity contribution in [2.24, 2.45) is 0 Å². The van der Waals surface area contributed by atoms with Crippen LogP contribution in [0.25, 0.3) is 0 Å². The maximum Gasteiger partial charge on any atom is 0.255 e. The smallest absolute Gasteiger partial charge is 0.255 e. The molecule has 1 unspecified atom stereocenters. The minimum Gasteiger partial charge on any atom is -0.494 e. The Balaban J connectivity index is 0.852. The van der Waals surface area contributed by atoms with Gasteiger partial charge in [0, 0.05) is 86.0 Å². The zero-order valence-electron chi connectivity index (χ0n) is 33.4. The number of methoxy groups -OCH3 is 1. The number of nitrogens with zero attached hydrogens (tertiary/aromatic N) is 5. The van der Waals surface area contributed by atoms with Crippen molar-refractivity contribution >= 4 is 82.2 Å². The Morgan fingerprint density at radius 2 is 1.73 bits per heavy atom. The number of nitrogens with one attached hydrogen (secondary N) is 4. The van der Waals surface area contributed by atoms with Crippen molar-refractivity contribution in [2.75, 3.05) is 74.0 Å². The van der Waals surface area contributed by atoms with E-state index >= 15 is 0 Å². The third kappa shape index (κ3) is 9.63. The highest BCUT2D eigenvalue weighted by molar-refractivity contribution is 7.70. The van der Waals surface area contributed by atoms with E-state index in [0.717, 1.165) is 36.2 Å². The molecule has 310 valence electrons. The van der Waals surface area contributed by atoms with Gasteiger partial charge in [0.15, 0.2) is 5.82 Å². The van der Waals surface area contributed by atoms with E-state index in [0.29, 0.717) is 96.9 Å². The molecule has 3 aliphatic heterocycles. The normalized spacial score (nSPS) is 16.8. The van der Waals surface area contributed by atoms with E-state index in [1.165, 1.54) is 6.20 Å². The van der Waals surface area contributed by atoms with Gasteiger partial charge in [-0.05, 0) is 69.0 Å². The minimum atomic E-state index is -2.56. The first-order chi connectivity index (χ1) is 28.4. The predicted molar refractivity (Wildman–Crippen MR) is 230 cm³/mol. The number of imide groups is 1. The van der Waals surface area contributed by atoms with Crippen LogP contribution in [0.2, 0.25) is 5.02 Å². The highest BCUT2D eigenvalue weighted by Gasteiger charge is 2.39. The van der Waals surface area contributed by atoms with Gasteiger partial charge in [-0.2, -0.15) is 4.98 Å². The lowest BCUT2D eigenvalue weighted by atomic mass is 10.0. The van der Waals surface area contributed by atoms with E-state index in [4.69, 9.17) is 16.3 Å². The first-order valence-electron chi connectivity index (χ1n) is 19.8. The fraction of sp³-hybridized carbons (Fsp3) is 0.381. The molecule has 59 heavy (non-hydrogen) atoms. The molecule has 0 spiro atoms. The summed E-state index contributed by atoms with van der Waals surface area (Å²) in [7, 11) is -0.960. The van der Waals surface area contributed by atoms with E-state index in [1.807, 2.05) is 59.5 Å². The second kappa shape index (κ2) is 18.1. The van der Waals surface area contributed by atoms with Crippen LogP contribution in [0.5, 0.6) is 5.75 Å². The Kier molecular flexibility index (Phi) is 12.7. The molecule has 2 fully saturated rings. The maximum atomic E-state index is 13.1. The van der Waals surface area contributed by atoms with Crippen molar-refractivity contribution in [3.05, 3.63) is 83.0 Å². The standard InChI is InChI=1S/C42H49ClN9O6P/c1-58-35-24-27(15-16-32(35)47-42-45-25-30(43)39(49-42)46-33-11-6-7-13-36(33)59(2,3)57)50-20-22-51(23-21-50)38(54)14-5-4-8-19-44-31-12-9-10-28-29(31)26-52(41(28)56)34-17-18-37(53)48-40(34)55/h6-7,9-13,15-16,24-25,34,44H,4-5,8,14,17-23,26H2,1-3H3,(H,48,53,55)(H2,45,46,47,49). The molecule has 0 saturated carbocycles. The molecule has 1 atom stereocenters. The number of carbonyl (C=O) groups excluding carboxylic acids is 4. The molecular weight excluding hydrogens is 793 g/mol. The molecule has 4 aromatic rings. The summed E-state index contributed by atoms with van der Waals surface area (Å²) in [5.74, 6) is 0.516. The number of halogens is 1. The van der Waals surface area contributed by atoms with Gasteiger partial charge in [-0.3, -0.25) is 24.5 Å². The summed E-state index contributed by atoms with van der Waals surface area (Å²) in [6, 6.07) is 18.1. The Morgan fingerprint density at radius 1 is 0.949 bits per heavy atom. The Bertz CT molecular complexity index is 2300. The van der Waals surface area contributed by atoms with E-state index in [2.05, 4.69) is 36.1 Å². The number of amides is 4. The van der Waals surface area contributed by atoms with Gasteiger partial charge in [0.1, 0.15) is 24.0 Å². The van der Waals surface area contributed by atoms with Crippen molar-refractivity contribution in [3.63, 3.8) is 0 Å². The fourth-order valence-corrected chi connectivity index (χ4v) is 9.01. The lowest BCUT2D eigenvalue weighted by molar-refractivity contribution is -0.137. The van der Waals surface area contributed by atoms with Crippen LogP contribution >= 0.6 is 18.7 Å². The number of rotatable bonds is 15. The molecule has 4 N–H and O–H groups in total. The summed E-state index contributed by atoms with van der Waals surface area (Å²) < 4.78 is 18.6. The zero-order valence-corrected chi connectivity index (χ0v) is 35.1. The minimum absolute atomic E-state index is 0.154. The number of ether oxygens (including phenoxy) is 1. The summed E-state index contributed by atoms with van der Waals surface area (Å²) in [6.07, 6.45) is 5.05. The molecule has 4 amide bonds. The second-order valence-electron chi connectivity index (χ2n) is 15.2. The van der Waals surface area contributed by atoms with Gasteiger partial charge in [0.25, 0.3) is 5.91 Å². The highest BCUT2D eigenvalue weighted by Crippen LogP contribution is 2.39. The van der Waals surface area contributed by atoms with E-state index in [1.54, 1.807) is 31.4 Å². The number of anilines is 6. The van der Waals surface area contributed by atoms with Crippen LogP contribution in [-0.2, 0) is 25.5 Å². The van der Waals surface area contributed by atoms with Crippen molar-refractivity contribution < 1.29 is 28.5 Å². The van der Waals surface area contributed by atoms with E-state index < -0.39 is 19.1 Å². The first kappa shape index (κ1) is 41.5. The van der Waals surface area contributed by atoms with Crippen LogP contribution in [0.1, 0.15) is 54.4 Å². The quantitative estimate of drug-likeness (QED) is 0.0629. The number of hydrogen-bond acceptors (Lipinski definition) is 12. The molecule has 0 bridgehead atoms. The lowest BCUT2D eigenvalue weighted by Crippen LogP contribution is -2.52. The Hall–Kier alpha value is -5.66. The molecule has 4 heterocycles. The number of para-hydroxylation sites is 1. The lowest BCUT2D eigenvalue weighted by Gasteiger charge is -2.36. The SMILES string of the molecule is COc1cc(N2CCN(C(=O)CCCCCNc3cccc4c3CN(C3CCC(=O)NC3=O)C4=O)CC2)ccc1Nc1ncc(Cl)c(Nc2ccccc2P(C)(C)=O)n1. The molecule has 0 aliphatic carbocycles. The summed E-state index contributed by atoms with van der Waals surface area (Å²) in [5.41, 5.74) is 4.62. The van der Waals surface area contributed by atoms with Crippen LogP contribution in [0.15, 0.2) is 66.9 Å². The van der Waals surface area contributed by atoms with Crippen molar-refractivity contribution in [1.82, 2.24) is 25.1 Å². The number of unbranched alkanes of at least 4 members (excludes halogenated alkanes) is 2. The third-order valence-electron chi connectivity index (χ3n) is 10.9. The topological polar surface area (TPSA) is 178 Å². The number of hydrogen-bond donors (Lipinski definition) is 4.